The minimum absolute atomic E-state index is 0.0681. The summed E-state index contributed by atoms with van der Waals surface area (Å²) in [5.74, 6) is 2.26. The van der Waals surface area contributed by atoms with Gasteiger partial charge in [0, 0.05) is 25.1 Å². The zero-order chi connectivity index (χ0) is 19.5. The van der Waals surface area contributed by atoms with Gasteiger partial charge in [-0.2, -0.15) is 10.1 Å². The minimum Gasteiger partial charge on any atom is -0.339 e. The predicted molar refractivity (Wildman–Crippen MR) is 105 cm³/mol. The molecular weight excluding hydrogens is 356 g/mol. The summed E-state index contributed by atoms with van der Waals surface area (Å²) < 4.78 is 7.16. The molecule has 1 aliphatic heterocycles. The minimum atomic E-state index is -0.147. The number of nitrogens with zero attached hydrogens (tertiary/aromatic N) is 5. The van der Waals surface area contributed by atoms with Gasteiger partial charge in [-0.05, 0) is 25.0 Å². The Morgan fingerprint density at radius 3 is 2.82 bits per heavy atom. The van der Waals surface area contributed by atoms with Gasteiger partial charge in [-0.3, -0.25) is 5.32 Å². The number of amides is 2. The molecule has 4 rings (SSSR count). The average molecular weight is 380 g/mol. The van der Waals surface area contributed by atoms with Crippen molar-refractivity contribution in [3.05, 3.63) is 54.3 Å². The number of benzene rings is 1. The molecule has 8 heteroatoms. The van der Waals surface area contributed by atoms with Crippen molar-refractivity contribution in [1.82, 2.24) is 24.8 Å². The molecular formula is C20H24N6O2. The van der Waals surface area contributed by atoms with Gasteiger partial charge in [0.15, 0.2) is 5.82 Å². The lowest BCUT2D eigenvalue weighted by molar-refractivity contribution is 0.184. The second-order valence-corrected chi connectivity index (χ2v) is 7.32. The number of hydrogen-bond donors (Lipinski definition) is 1. The number of hydrogen-bond acceptors (Lipinski definition) is 5. The summed E-state index contributed by atoms with van der Waals surface area (Å²) in [6, 6.07) is 11.4. The maximum absolute atomic E-state index is 12.8. The molecule has 28 heavy (non-hydrogen) atoms. The summed E-state index contributed by atoms with van der Waals surface area (Å²) >= 11 is 0. The van der Waals surface area contributed by atoms with E-state index in [1.807, 2.05) is 44.2 Å². The Kier molecular flexibility index (Phi) is 5.10. The fourth-order valence-electron chi connectivity index (χ4n) is 3.37. The number of carbonyl (C=O) groups is 1. The van der Waals surface area contributed by atoms with Gasteiger partial charge >= 0.3 is 6.03 Å². The van der Waals surface area contributed by atoms with E-state index >= 15 is 0 Å². The van der Waals surface area contributed by atoms with E-state index in [1.165, 1.54) is 0 Å². The molecule has 1 fully saturated rings. The fourth-order valence-corrected chi connectivity index (χ4v) is 3.37. The number of piperidine rings is 1. The van der Waals surface area contributed by atoms with Crippen molar-refractivity contribution < 1.29 is 9.32 Å². The molecule has 3 aromatic rings. The highest BCUT2D eigenvalue weighted by Crippen LogP contribution is 2.27. The van der Waals surface area contributed by atoms with Crippen LogP contribution in [0.5, 0.6) is 0 Å². The topological polar surface area (TPSA) is 89.1 Å². The van der Waals surface area contributed by atoms with E-state index < -0.39 is 0 Å². The molecule has 8 nitrogen and oxygen atoms in total. The Morgan fingerprint density at radius 1 is 1.25 bits per heavy atom. The highest BCUT2D eigenvalue weighted by atomic mass is 16.5. The van der Waals surface area contributed by atoms with E-state index in [1.54, 1.807) is 21.8 Å². The Balaban J connectivity index is 1.45. The summed E-state index contributed by atoms with van der Waals surface area (Å²) in [4.78, 5) is 19.2. The molecule has 0 saturated carbocycles. The third kappa shape index (κ3) is 3.76. The fraction of sp³-hybridized carbons (Fsp3) is 0.400. The van der Waals surface area contributed by atoms with E-state index in [2.05, 4.69) is 20.6 Å². The number of urea groups is 1. The normalized spacial score (nSPS) is 17.1. The lowest BCUT2D eigenvalue weighted by Crippen LogP contribution is -2.42. The van der Waals surface area contributed by atoms with Gasteiger partial charge in [-0.15, -0.1) is 0 Å². The number of anilines is 1. The molecule has 1 saturated heterocycles. The summed E-state index contributed by atoms with van der Waals surface area (Å²) in [6.45, 7) is 5.33. The van der Waals surface area contributed by atoms with Crippen LogP contribution in [0.2, 0.25) is 0 Å². The molecule has 0 bridgehead atoms. The number of rotatable bonds is 4. The van der Waals surface area contributed by atoms with E-state index in [-0.39, 0.29) is 17.9 Å². The van der Waals surface area contributed by atoms with Gasteiger partial charge in [0.2, 0.25) is 5.89 Å². The molecule has 1 atom stereocenters. The lowest BCUT2D eigenvalue weighted by atomic mass is 9.98. The van der Waals surface area contributed by atoms with E-state index in [9.17, 15) is 4.79 Å². The quantitative estimate of drug-likeness (QED) is 0.744. The zero-order valence-corrected chi connectivity index (χ0v) is 16.1. The van der Waals surface area contributed by atoms with Crippen molar-refractivity contribution in [2.24, 2.45) is 0 Å². The summed E-state index contributed by atoms with van der Waals surface area (Å²) in [6.07, 6.45) is 3.51. The first-order valence-corrected chi connectivity index (χ1v) is 9.60. The van der Waals surface area contributed by atoms with Crippen molar-refractivity contribution in [1.29, 1.82) is 0 Å². The Morgan fingerprint density at radius 2 is 2.07 bits per heavy atom. The molecule has 146 valence electrons. The number of likely N-dealkylation sites (tertiary alicyclic amines) is 1. The van der Waals surface area contributed by atoms with Crippen LogP contribution in [0, 0.1) is 0 Å². The van der Waals surface area contributed by atoms with Crippen LogP contribution in [-0.2, 0) is 0 Å². The van der Waals surface area contributed by atoms with Gasteiger partial charge in [-0.25, -0.2) is 9.48 Å². The molecule has 1 N–H and O–H groups in total. The molecule has 1 aromatic carbocycles. The monoisotopic (exact) mass is 380 g/mol. The second-order valence-electron chi connectivity index (χ2n) is 7.32. The van der Waals surface area contributed by atoms with Gasteiger partial charge < -0.3 is 9.42 Å². The van der Waals surface area contributed by atoms with Crippen molar-refractivity contribution >= 4 is 11.8 Å². The van der Waals surface area contributed by atoms with Crippen LogP contribution < -0.4 is 5.32 Å². The highest BCUT2D eigenvalue weighted by molar-refractivity contribution is 5.88. The first-order chi connectivity index (χ1) is 13.6. The van der Waals surface area contributed by atoms with Crippen molar-refractivity contribution in [2.45, 2.75) is 38.5 Å². The molecule has 2 amide bonds. The molecule has 0 aliphatic carbocycles. The molecule has 0 radical (unpaired) electrons. The molecule has 3 heterocycles. The maximum atomic E-state index is 12.8. The smallest absolute Gasteiger partial charge is 0.323 e. The zero-order valence-electron chi connectivity index (χ0n) is 16.1. The standard InChI is InChI=1S/C20H24N6O2/c1-14(2)18-23-19(28-24-18)15-7-6-12-25(13-15)20(27)22-17-10-11-21-26(17)16-8-4-3-5-9-16/h3-5,8-11,14-15H,6-7,12-13H2,1-2H3,(H,22,27)/t15-/m1/s1. The Hall–Kier alpha value is -3.16. The molecule has 1 aliphatic rings. The number of para-hydroxylation sites is 1. The van der Waals surface area contributed by atoms with Gasteiger partial charge in [0.25, 0.3) is 0 Å². The lowest BCUT2D eigenvalue weighted by Gasteiger charge is -2.31. The Labute approximate surface area is 163 Å². The summed E-state index contributed by atoms with van der Waals surface area (Å²) in [5, 5.41) is 11.3. The maximum Gasteiger partial charge on any atom is 0.323 e. The second kappa shape index (κ2) is 7.84. The predicted octanol–water partition coefficient (Wildman–Crippen LogP) is 3.79. The molecule has 0 unspecified atom stereocenters. The number of nitrogens with one attached hydrogen (secondary N) is 1. The third-order valence-electron chi connectivity index (χ3n) is 4.91. The van der Waals surface area contributed by atoms with Crippen LogP contribution in [0.3, 0.4) is 0 Å². The van der Waals surface area contributed by atoms with Crippen LogP contribution in [0.15, 0.2) is 47.1 Å². The average Bonchev–Trinajstić information content (AvgIpc) is 3.39. The van der Waals surface area contributed by atoms with Gasteiger partial charge in [0.05, 0.1) is 17.8 Å². The molecule has 2 aromatic heterocycles. The Bertz CT molecular complexity index is 933. The van der Waals surface area contributed by atoms with Gasteiger partial charge in [-0.1, -0.05) is 37.2 Å². The highest BCUT2D eigenvalue weighted by Gasteiger charge is 2.29. The van der Waals surface area contributed by atoms with Crippen LogP contribution in [0.1, 0.15) is 50.2 Å². The van der Waals surface area contributed by atoms with Crippen LogP contribution in [-0.4, -0.2) is 43.9 Å². The summed E-state index contributed by atoms with van der Waals surface area (Å²) in [7, 11) is 0. The van der Waals surface area contributed by atoms with Crippen LogP contribution in [0.25, 0.3) is 5.69 Å². The first-order valence-electron chi connectivity index (χ1n) is 9.60. The van der Waals surface area contributed by atoms with E-state index in [0.29, 0.717) is 30.6 Å². The SMILES string of the molecule is CC(C)c1noc([C@@H]2CCCN(C(=O)Nc3ccnn3-c3ccccc3)C2)n1. The van der Waals surface area contributed by atoms with Crippen molar-refractivity contribution in [3.63, 3.8) is 0 Å². The van der Waals surface area contributed by atoms with Gasteiger partial charge in [0.1, 0.15) is 5.82 Å². The van der Waals surface area contributed by atoms with E-state index in [4.69, 9.17) is 4.52 Å². The first kappa shape index (κ1) is 18.2. The number of aromatic nitrogens is 4. The molecule has 0 spiro atoms. The number of carbonyl (C=O) groups excluding carboxylic acids is 1. The van der Waals surface area contributed by atoms with Crippen molar-refractivity contribution in [2.75, 3.05) is 18.4 Å². The van der Waals surface area contributed by atoms with Crippen molar-refractivity contribution in [3.8, 4) is 5.69 Å². The van der Waals surface area contributed by atoms with E-state index in [0.717, 1.165) is 18.5 Å². The summed E-state index contributed by atoms with van der Waals surface area (Å²) in [5.41, 5.74) is 0.895. The third-order valence-corrected chi connectivity index (χ3v) is 4.91. The van der Waals surface area contributed by atoms with Crippen LogP contribution >= 0.6 is 0 Å². The van der Waals surface area contributed by atoms with Crippen LogP contribution in [0.4, 0.5) is 10.6 Å². The largest absolute Gasteiger partial charge is 0.339 e.